The van der Waals surface area contributed by atoms with Gasteiger partial charge >= 0.3 is 0 Å². The van der Waals surface area contributed by atoms with Gasteiger partial charge in [-0.05, 0) is 42.4 Å². The number of anilines is 1. The number of nitrogens with one attached hydrogen (secondary N) is 2. The van der Waals surface area contributed by atoms with E-state index in [1.54, 1.807) is 41.4 Å². The average Bonchev–Trinajstić information content (AvgIpc) is 3.38. The maximum absolute atomic E-state index is 13.3. The molecule has 1 fully saturated rings. The maximum atomic E-state index is 13.3. The minimum atomic E-state index is -0.162. The number of tetrazole rings is 1. The number of aromatic amines is 1. The highest BCUT2D eigenvalue weighted by molar-refractivity contribution is 6.33. The summed E-state index contributed by atoms with van der Waals surface area (Å²) in [7, 11) is 0. The lowest BCUT2D eigenvalue weighted by atomic mass is 10.1. The molecule has 0 saturated carbocycles. The second-order valence-corrected chi connectivity index (χ2v) is 6.35. The third kappa shape index (κ3) is 3.16. The van der Waals surface area contributed by atoms with Crippen molar-refractivity contribution in [1.29, 1.82) is 0 Å². The number of hydrogen-bond donors (Lipinski definition) is 2. The van der Waals surface area contributed by atoms with E-state index in [2.05, 4.69) is 30.9 Å². The van der Waals surface area contributed by atoms with Crippen LogP contribution in [0.4, 0.5) is 5.82 Å². The van der Waals surface area contributed by atoms with E-state index < -0.39 is 0 Å². The van der Waals surface area contributed by atoms with Crippen LogP contribution in [0.3, 0.4) is 0 Å². The van der Waals surface area contributed by atoms with Gasteiger partial charge in [0.05, 0.1) is 11.1 Å². The molecule has 0 radical (unpaired) electrons. The molecule has 0 aliphatic carbocycles. The van der Waals surface area contributed by atoms with Crippen molar-refractivity contribution in [3.05, 3.63) is 53.2 Å². The molecule has 1 aliphatic heterocycles. The summed E-state index contributed by atoms with van der Waals surface area (Å²) in [5.41, 5.74) is 1.22. The van der Waals surface area contributed by atoms with Gasteiger partial charge in [0, 0.05) is 23.9 Å². The zero-order valence-corrected chi connectivity index (χ0v) is 14.5. The Bertz CT molecular complexity index is 909. The van der Waals surface area contributed by atoms with Crippen LogP contribution < -0.4 is 10.2 Å². The van der Waals surface area contributed by atoms with Crippen molar-refractivity contribution < 1.29 is 4.79 Å². The monoisotopic (exact) mass is 369 g/mol. The molecule has 1 amide bonds. The van der Waals surface area contributed by atoms with Gasteiger partial charge in [0.15, 0.2) is 5.82 Å². The summed E-state index contributed by atoms with van der Waals surface area (Å²) in [5.74, 6) is 0.743. The molecule has 4 rings (SSSR count). The normalized spacial score (nSPS) is 16.6. The first-order valence-corrected chi connectivity index (χ1v) is 8.60. The van der Waals surface area contributed by atoms with Crippen LogP contribution in [0.1, 0.15) is 16.8 Å². The summed E-state index contributed by atoms with van der Waals surface area (Å²) in [4.78, 5) is 19.4. The second kappa shape index (κ2) is 7.19. The van der Waals surface area contributed by atoms with Crippen LogP contribution in [0.15, 0.2) is 42.6 Å². The highest BCUT2D eigenvalue weighted by Gasteiger charge is 2.31. The van der Waals surface area contributed by atoms with Crippen LogP contribution in [-0.2, 0) is 0 Å². The summed E-state index contributed by atoms with van der Waals surface area (Å²) in [6, 6.07) is 10.6. The second-order valence-electron chi connectivity index (χ2n) is 5.95. The van der Waals surface area contributed by atoms with Gasteiger partial charge in [0.2, 0.25) is 5.82 Å². The topological polar surface area (TPSA) is 99.7 Å². The minimum absolute atomic E-state index is 0.0104. The molecule has 1 saturated heterocycles. The molecule has 3 aromatic rings. The number of aromatic nitrogens is 5. The molecular formula is C17H16ClN7O. The number of amides is 1. The number of benzene rings is 1. The van der Waals surface area contributed by atoms with Crippen molar-refractivity contribution in [3.63, 3.8) is 0 Å². The van der Waals surface area contributed by atoms with E-state index >= 15 is 0 Å². The zero-order valence-electron chi connectivity index (χ0n) is 13.8. The van der Waals surface area contributed by atoms with E-state index in [0.29, 0.717) is 34.3 Å². The van der Waals surface area contributed by atoms with E-state index in [-0.39, 0.29) is 11.9 Å². The fraction of sp³-hybridized carbons (Fsp3) is 0.235. The first-order chi connectivity index (χ1) is 12.7. The Morgan fingerprint density at radius 3 is 2.92 bits per heavy atom. The molecule has 1 aliphatic rings. The SMILES string of the molecule is O=C(c1cccc(-c2nn[nH]n2)c1)N(c1ncccc1Cl)[C@@H]1CCNC1. The molecule has 1 atom stereocenters. The number of H-pyrrole nitrogens is 1. The molecular weight excluding hydrogens is 354 g/mol. The number of carbonyl (C=O) groups excluding carboxylic acids is 1. The molecule has 0 bridgehead atoms. The Labute approximate surface area is 154 Å². The largest absolute Gasteiger partial charge is 0.315 e. The number of halogens is 1. The molecule has 2 N–H and O–H groups in total. The van der Waals surface area contributed by atoms with E-state index in [4.69, 9.17) is 11.6 Å². The van der Waals surface area contributed by atoms with E-state index in [1.165, 1.54) is 0 Å². The summed E-state index contributed by atoms with van der Waals surface area (Å²) in [5, 5.41) is 17.6. The molecule has 2 aromatic heterocycles. The van der Waals surface area contributed by atoms with Crippen LogP contribution in [-0.4, -0.2) is 50.6 Å². The number of hydrogen-bond acceptors (Lipinski definition) is 6. The highest BCUT2D eigenvalue weighted by Crippen LogP contribution is 2.28. The van der Waals surface area contributed by atoms with Crippen LogP contribution in [0.5, 0.6) is 0 Å². The number of carbonyl (C=O) groups is 1. The Morgan fingerprint density at radius 1 is 1.27 bits per heavy atom. The van der Waals surface area contributed by atoms with Crippen molar-refractivity contribution in [2.75, 3.05) is 18.0 Å². The van der Waals surface area contributed by atoms with Gasteiger partial charge in [-0.15, -0.1) is 10.2 Å². The van der Waals surface area contributed by atoms with E-state index in [0.717, 1.165) is 13.0 Å². The van der Waals surface area contributed by atoms with Gasteiger partial charge in [-0.1, -0.05) is 23.7 Å². The predicted octanol–water partition coefficient (Wildman–Crippen LogP) is 1.92. The van der Waals surface area contributed by atoms with Gasteiger partial charge in [-0.3, -0.25) is 9.69 Å². The van der Waals surface area contributed by atoms with E-state index in [1.807, 2.05) is 6.07 Å². The molecule has 3 heterocycles. The van der Waals surface area contributed by atoms with Crippen LogP contribution in [0.2, 0.25) is 5.02 Å². The number of nitrogens with zero attached hydrogens (tertiary/aromatic N) is 5. The lowest BCUT2D eigenvalue weighted by Crippen LogP contribution is -2.42. The lowest BCUT2D eigenvalue weighted by Gasteiger charge is -2.28. The molecule has 9 heteroatoms. The van der Waals surface area contributed by atoms with Gasteiger partial charge in [-0.25, -0.2) is 4.98 Å². The van der Waals surface area contributed by atoms with Crippen LogP contribution >= 0.6 is 11.6 Å². The predicted molar refractivity (Wildman–Crippen MR) is 96.9 cm³/mol. The summed E-state index contributed by atoms with van der Waals surface area (Å²) < 4.78 is 0. The van der Waals surface area contributed by atoms with Gasteiger partial charge in [0.25, 0.3) is 5.91 Å². The van der Waals surface area contributed by atoms with Crippen molar-refractivity contribution >= 4 is 23.3 Å². The first-order valence-electron chi connectivity index (χ1n) is 8.23. The quantitative estimate of drug-likeness (QED) is 0.728. The fourth-order valence-electron chi connectivity index (χ4n) is 3.06. The Morgan fingerprint density at radius 2 is 2.19 bits per heavy atom. The van der Waals surface area contributed by atoms with Crippen molar-refractivity contribution in [2.45, 2.75) is 12.5 Å². The summed E-state index contributed by atoms with van der Waals surface area (Å²) >= 11 is 6.33. The molecule has 8 nitrogen and oxygen atoms in total. The molecule has 26 heavy (non-hydrogen) atoms. The van der Waals surface area contributed by atoms with Gasteiger partial charge < -0.3 is 5.32 Å². The highest BCUT2D eigenvalue weighted by atomic mass is 35.5. The van der Waals surface area contributed by atoms with Crippen LogP contribution in [0.25, 0.3) is 11.4 Å². The zero-order chi connectivity index (χ0) is 17.9. The third-order valence-electron chi connectivity index (χ3n) is 4.30. The third-order valence-corrected chi connectivity index (χ3v) is 4.59. The minimum Gasteiger partial charge on any atom is -0.315 e. The summed E-state index contributed by atoms with van der Waals surface area (Å²) in [6.07, 6.45) is 2.47. The van der Waals surface area contributed by atoms with Gasteiger partial charge in [-0.2, -0.15) is 5.21 Å². The smallest absolute Gasteiger partial charge is 0.259 e. The number of rotatable bonds is 4. The average molecular weight is 370 g/mol. The fourth-order valence-corrected chi connectivity index (χ4v) is 3.28. The Balaban J connectivity index is 1.73. The molecule has 0 unspecified atom stereocenters. The first kappa shape index (κ1) is 16.6. The van der Waals surface area contributed by atoms with Crippen molar-refractivity contribution in [3.8, 4) is 11.4 Å². The Kier molecular flexibility index (Phi) is 4.59. The standard InChI is InChI=1S/C17H16ClN7O/c18-14-5-2-7-20-16(14)25(13-6-8-19-10-13)17(26)12-4-1-3-11(9-12)15-21-23-24-22-15/h1-5,7,9,13,19H,6,8,10H2,(H,21,22,23,24)/t13-/m1/s1. The van der Waals surface area contributed by atoms with E-state index in [9.17, 15) is 4.79 Å². The van der Waals surface area contributed by atoms with Crippen LogP contribution in [0, 0.1) is 0 Å². The van der Waals surface area contributed by atoms with Crippen molar-refractivity contribution in [1.82, 2.24) is 30.9 Å². The molecule has 0 spiro atoms. The molecule has 1 aromatic carbocycles. The van der Waals surface area contributed by atoms with Crippen molar-refractivity contribution in [2.24, 2.45) is 0 Å². The molecule has 132 valence electrons. The number of pyridine rings is 1. The summed E-state index contributed by atoms with van der Waals surface area (Å²) in [6.45, 7) is 1.55. The van der Waals surface area contributed by atoms with Gasteiger partial charge in [0.1, 0.15) is 0 Å². The lowest BCUT2D eigenvalue weighted by molar-refractivity contribution is 0.0977. The maximum Gasteiger partial charge on any atom is 0.259 e. The Hall–Kier alpha value is -2.84.